The van der Waals surface area contributed by atoms with Crippen LogP contribution in [0.25, 0.3) is 0 Å². The average molecular weight is 278 g/mol. The van der Waals surface area contributed by atoms with Crippen LogP contribution >= 0.6 is 0 Å². The quantitative estimate of drug-likeness (QED) is 0.794. The molecule has 1 unspecified atom stereocenters. The van der Waals surface area contributed by atoms with Gasteiger partial charge in [-0.15, -0.1) is 0 Å². The van der Waals surface area contributed by atoms with Crippen LogP contribution in [-0.2, 0) is 14.8 Å². The van der Waals surface area contributed by atoms with E-state index in [-0.39, 0.29) is 12.3 Å². The molecule has 1 fully saturated rings. The van der Waals surface area contributed by atoms with Gasteiger partial charge in [0.2, 0.25) is 10.0 Å². The molecule has 0 aromatic heterocycles. The fourth-order valence-electron chi connectivity index (χ4n) is 1.69. The molecule has 0 radical (unpaired) electrons. The summed E-state index contributed by atoms with van der Waals surface area (Å²) in [6.07, 6.45) is 0.492. The predicted molar refractivity (Wildman–Crippen MR) is 60.3 cm³/mol. The van der Waals surface area contributed by atoms with Crippen molar-refractivity contribution in [2.45, 2.75) is 17.4 Å². The van der Waals surface area contributed by atoms with Crippen LogP contribution in [0.5, 0.6) is 0 Å². The summed E-state index contributed by atoms with van der Waals surface area (Å²) in [6, 6.07) is 1.18. The minimum Gasteiger partial charge on any atom is -0.399 e. The Labute approximate surface area is 103 Å². The van der Waals surface area contributed by atoms with E-state index in [2.05, 4.69) is 4.72 Å². The van der Waals surface area contributed by atoms with Crippen LogP contribution in [0.2, 0.25) is 0 Å². The van der Waals surface area contributed by atoms with Crippen LogP contribution < -0.4 is 10.5 Å². The van der Waals surface area contributed by atoms with E-state index in [1.54, 1.807) is 0 Å². The van der Waals surface area contributed by atoms with Gasteiger partial charge in [0.1, 0.15) is 4.90 Å². The monoisotopic (exact) mass is 278 g/mol. The second-order valence-electron chi connectivity index (χ2n) is 4.00. The maximum atomic E-state index is 13.5. The zero-order valence-electron chi connectivity index (χ0n) is 9.32. The van der Waals surface area contributed by atoms with Crippen LogP contribution in [0.3, 0.4) is 0 Å². The molecule has 0 bridgehead atoms. The first-order chi connectivity index (χ1) is 8.40. The molecular weight excluding hydrogens is 266 g/mol. The lowest BCUT2D eigenvalue weighted by Gasteiger charge is -2.12. The van der Waals surface area contributed by atoms with E-state index in [9.17, 15) is 17.2 Å². The maximum absolute atomic E-state index is 13.5. The highest BCUT2D eigenvalue weighted by Crippen LogP contribution is 2.21. The zero-order chi connectivity index (χ0) is 13.3. The van der Waals surface area contributed by atoms with Crippen molar-refractivity contribution in [3.63, 3.8) is 0 Å². The van der Waals surface area contributed by atoms with Gasteiger partial charge in [0.05, 0.1) is 6.61 Å². The molecule has 1 aromatic rings. The van der Waals surface area contributed by atoms with Crippen LogP contribution in [0.1, 0.15) is 6.42 Å². The van der Waals surface area contributed by atoms with Gasteiger partial charge in [-0.05, 0) is 18.6 Å². The highest BCUT2D eigenvalue weighted by atomic mass is 32.2. The van der Waals surface area contributed by atoms with E-state index >= 15 is 0 Å². The lowest BCUT2D eigenvalue weighted by atomic mass is 10.3. The zero-order valence-corrected chi connectivity index (χ0v) is 10.1. The molecule has 0 amide bonds. The van der Waals surface area contributed by atoms with Crippen molar-refractivity contribution in [1.82, 2.24) is 4.72 Å². The average Bonchev–Trinajstić information content (AvgIpc) is 2.75. The normalized spacial score (nSPS) is 20.2. The SMILES string of the molecule is Nc1cc(F)c(F)c(S(=O)(=O)NC2CCOC2)c1. The summed E-state index contributed by atoms with van der Waals surface area (Å²) in [5.74, 6) is -2.73. The molecule has 1 aliphatic heterocycles. The van der Waals surface area contributed by atoms with E-state index in [1.165, 1.54) is 0 Å². The molecule has 3 N–H and O–H groups in total. The number of nitrogen functional groups attached to an aromatic ring is 1. The summed E-state index contributed by atoms with van der Waals surface area (Å²) in [5, 5.41) is 0. The summed E-state index contributed by atoms with van der Waals surface area (Å²) in [4.78, 5) is -0.785. The molecule has 2 rings (SSSR count). The summed E-state index contributed by atoms with van der Waals surface area (Å²) in [5.41, 5.74) is 5.15. The highest BCUT2D eigenvalue weighted by Gasteiger charge is 2.27. The van der Waals surface area contributed by atoms with Crippen LogP contribution in [0, 0.1) is 11.6 Å². The molecule has 0 saturated carbocycles. The van der Waals surface area contributed by atoms with Crippen molar-refractivity contribution in [3.8, 4) is 0 Å². The number of rotatable bonds is 3. The number of halogens is 2. The molecule has 0 aliphatic carbocycles. The molecule has 1 saturated heterocycles. The van der Waals surface area contributed by atoms with Gasteiger partial charge in [-0.2, -0.15) is 0 Å². The molecule has 1 atom stereocenters. The number of nitrogens with one attached hydrogen (secondary N) is 1. The number of anilines is 1. The third kappa shape index (κ3) is 2.60. The van der Waals surface area contributed by atoms with Gasteiger partial charge in [0, 0.05) is 18.3 Å². The van der Waals surface area contributed by atoms with Crippen molar-refractivity contribution >= 4 is 15.7 Å². The lowest BCUT2D eigenvalue weighted by molar-refractivity contribution is 0.192. The predicted octanol–water partition coefficient (Wildman–Crippen LogP) is 0.614. The van der Waals surface area contributed by atoms with E-state index in [1.807, 2.05) is 0 Å². The number of benzene rings is 1. The Morgan fingerprint density at radius 2 is 2.11 bits per heavy atom. The summed E-state index contributed by atoms with van der Waals surface area (Å²) in [6.45, 7) is 0.645. The second kappa shape index (κ2) is 4.79. The molecule has 1 aliphatic rings. The first kappa shape index (κ1) is 13.2. The van der Waals surface area contributed by atoms with Crippen molar-refractivity contribution in [2.24, 2.45) is 0 Å². The maximum Gasteiger partial charge on any atom is 0.244 e. The Bertz CT molecular complexity index is 556. The lowest BCUT2D eigenvalue weighted by Crippen LogP contribution is -2.35. The topological polar surface area (TPSA) is 81.4 Å². The molecule has 0 spiro atoms. The first-order valence-corrected chi connectivity index (χ1v) is 6.73. The molecule has 1 aromatic carbocycles. The standard InChI is InChI=1S/C10H12F2N2O3S/c11-8-3-6(13)4-9(10(8)12)18(15,16)14-7-1-2-17-5-7/h3-4,7,14H,1-2,5,13H2. The number of sulfonamides is 1. The Hall–Kier alpha value is -1.25. The van der Waals surface area contributed by atoms with Crippen LogP contribution in [0.4, 0.5) is 14.5 Å². The van der Waals surface area contributed by atoms with E-state index in [0.29, 0.717) is 13.0 Å². The van der Waals surface area contributed by atoms with E-state index in [0.717, 1.165) is 12.1 Å². The van der Waals surface area contributed by atoms with Crippen molar-refractivity contribution in [2.75, 3.05) is 18.9 Å². The minimum atomic E-state index is -4.14. The third-order valence-corrected chi connectivity index (χ3v) is 4.08. The van der Waals surface area contributed by atoms with Gasteiger partial charge >= 0.3 is 0 Å². The molecule has 8 heteroatoms. The van der Waals surface area contributed by atoms with Gasteiger partial charge in [-0.25, -0.2) is 21.9 Å². The minimum absolute atomic E-state index is 0.156. The van der Waals surface area contributed by atoms with Gasteiger partial charge in [0.15, 0.2) is 11.6 Å². The molecule has 18 heavy (non-hydrogen) atoms. The third-order valence-electron chi connectivity index (χ3n) is 2.56. The smallest absolute Gasteiger partial charge is 0.244 e. The molecule has 1 heterocycles. The number of ether oxygens (including phenoxy) is 1. The summed E-state index contributed by atoms with van der Waals surface area (Å²) < 4.78 is 57.6. The molecule has 5 nitrogen and oxygen atoms in total. The summed E-state index contributed by atoms with van der Waals surface area (Å²) in [7, 11) is -4.14. The van der Waals surface area contributed by atoms with Gasteiger partial charge in [-0.1, -0.05) is 0 Å². The van der Waals surface area contributed by atoms with E-state index in [4.69, 9.17) is 10.5 Å². The Kier molecular flexibility index (Phi) is 3.51. The van der Waals surface area contributed by atoms with Crippen molar-refractivity contribution in [3.05, 3.63) is 23.8 Å². The van der Waals surface area contributed by atoms with Crippen LogP contribution in [0.15, 0.2) is 17.0 Å². The Balaban J connectivity index is 2.34. The largest absolute Gasteiger partial charge is 0.399 e. The summed E-state index contributed by atoms with van der Waals surface area (Å²) >= 11 is 0. The Morgan fingerprint density at radius 1 is 1.39 bits per heavy atom. The fraction of sp³-hybridized carbons (Fsp3) is 0.400. The number of nitrogens with two attached hydrogens (primary N) is 1. The van der Waals surface area contributed by atoms with E-state index < -0.39 is 32.6 Å². The second-order valence-corrected chi connectivity index (χ2v) is 5.68. The highest BCUT2D eigenvalue weighted by molar-refractivity contribution is 7.89. The number of hydrogen-bond acceptors (Lipinski definition) is 4. The molecular formula is C10H12F2N2O3S. The first-order valence-electron chi connectivity index (χ1n) is 5.25. The van der Waals surface area contributed by atoms with Crippen molar-refractivity contribution < 1.29 is 21.9 Å². The molecule has 100 valence electrons. The fourth-order valence-corrected chi connectivity index (χ4v) is 3.07. The number of hydrogen-bond donors (Lipinski definition) is 2. The van der Waals surface area contributed by atoms with Crippen LogP contribution in [-0.4, -0.2) is 27.7 Å². The van der Waals surface area contributed by atoms with Gasteiger partial charge in [-0.3, -0.25) is 0 Å². The Morgan fingerprint density at radius 3 is 2.72 bits per heavy atom. The van der Waals surface area contributed by atoms with Gasteiger partial charge < -0.3 is 10.5 Å². The van der Waals surface area contributed by atoms with Gasteiger partial charge in [0.25, 0.3) is 0 Å². The van der Waals surface area contributed by atoms with Crippen molar-refractivity contribution in [1.29, 1.82) is 0 Å².